The van der Waals surface area contributed by atoms with Gasteiger partial charge in [0.1, 0.15) is 6.26 Å². The van der Waals surface area contributed by atoms with Gasteiger partial charge >= 0.3 is 5.97 Å². The van der Waals surface area contributed by atoms with Crippen molar-refractivity contribution in [3.8, 4) is 0 Å². The first-order chi connectivity index (χ1) is 8.52. The summed E-state index contributed by atoms with van der Waals surface area (Å²) in [6.07, 6.45) is 1.36. The monoisotopic (exact) mass is 270 g/mol. The Hall–Kier alpha value is -1.17. The van der Waals surface area contributed by atoms with E-state index < -0.39 is 5.97 Å². The van der Waals surface area contributed by atoms with Crippen molar-refractivity contribution < 1.29 is 13.9 Å². The number of oxazole rings is 1. The maximum Gasteiger partial charge on any atom is 0.360 e. The van der Waals surface area contributed by atoms with E-state index in [9.17, 15) is 4.79 Å². The number of hydrogen-bond acceptors (Lipinski definition) is 6. The summed E-state index contributed by atoms with van der Waals surface area (Å²) >= 11 is 1.94. The van der Waals surface area contributed by atoms with Crippen molar-refractivity contribution >= 4 is 23.7 Å². The fourth-order valence-corrected chi connectivity index (χ4v) is 3.00. The Bertz CT molecular complexity index is 431. The number of nitrogens with zero attached hydrogens (tertiary/aromatic N) is 2. The summed E-state index contributed by atoms with van der Waals surface area (Å²) < 4.78 is 10.4. The molecular weight excluding hydrogens is 252 g/mol. The normalized spacial score (nSPS) is 18.7. The van der Waals surface area contributed by atoms with Crippen LogP contribution in [0.4, 0.5) is 6.01 Å². The van der Waals surface area contributed by atoms with E-state index in [2.05, 4.69) is 23.7 Å². The highest BCUT2D eigenvalue weighted by atomic mass is 32.2. The van der Waals surface area contributed by atoms with E-state index in [0.717, 1.165) is 18.8 Å². The minimum Gasteiger partial charge on any atom is -0.461 e. The average Bonchev–Trinajstić information content (AvgIpc) is 2.77. The fraction of sp³-hybridized carbons (Fsp3) is 0.667. The van der Waals surface area contributed by atoms with Crippen LogP contribution in [0.2, 0.25) is 0 Å². The molecule has 0 bridgehead atoms. The van der Waals surface area contributed by atoms with Gasteiger partial charge in [0, 0.05) is 23.6 Å². The molecule has 5 nitrogen and oxygen atoms in total. The van der Waals surface area contributed by atoms with E-state index in [1.807, 2.05) is 11.8 Å². The number of esters is 1. The van der Waals surface area contributed by atoms with Crippen LogP contribution < -0.4 is 4.90 Å². The Morgan fingerprint density at radius 2 is 2.44 bits per heavy atom. The van der Waals surface area contributed by atoms with Gasteiger partial charge in [-0.1, -0.05) is 0 Å². The lowest BCUT2D eigenvalue weighted by Crippen LogP contribution is -2.43. The van der Waals surface area contributed by atoms with Crippen LogP contribution >= 0.6 is 11.8 Å². The summed E-state index contributed by atoms with van der Waals surface area (Å²) in [4.78, 5) is 17.8. The highest BCUT2D eigenvalue weighted by Crippen LogP contribution is 2.31. The van der Waals surface area contributed by atoms with Crippen LogP contribution in [-0.2, 0) is 4.74 Å². The molecule has 0 N–H and O–H groups in total. The molecule has 1 aromatic rings. The first kappa shape index (κ1) is 13.3. The molecule has 0 radical (unpaired) electrons. The quantitative estimate of drug-likeness (QED) is 0.785. The number of hydrogen-bond donors (Lipinski definition) is 0. The molecule has 2 heterocycles. The lowest BCUT2D eigenvalue weighted by atomic mass is 10.2. The third kappa shape index (κ3) is 2.98. The van der Waals surface area contributed by atoms with Gasteiger partial charge in [0.15, 0.2) is 5.69 Å². The van der Waals surface area contributed by atoms with Gasteiger partial charge < -0.3 is 14.1 Å². The van der Waals surface area contributed by atoms with Crippen molar-refractivity contribution in [2.24, 2.45) is 0 Å². The van der Waals surface area contributed by atoms with Gasteiger partial charge in [-0.25, -0.2) is 4.79 Å². The molecule has 0 aliphatic carbocycles. The molecule has 1 aromatic heterocycles. The fourth-order valence-electron chi connectivity index (χ4n) is 1.89. The molecule has 0 spiro atoms. The molecule has 0 amide bonds. The molecule has 6 heteroatoms. The van der Waals surface area contributed by atoms with Crippen LogP contribution in [0, 0.1) is 0 Å². The third-order valence-electron chi connectivity index (χ3n) is 2.67. The third-order valence-corrected chi connectivity index (χ3v) is 3.97. The zero-order valence-corrected chi connectivity index (χ0v) is 11.7. The average molecular weight is 270 g/mol. The van der Waals surface area contributed by atoms with E-state index in [1.54, 1.807) is 6.92 Å². The standard InChI is InChI=1S/C12H18N2O3S/c1-4-16-10(15)9-7-17-11(13-9)14-5-6-18-12(2,3)8-14/h7H,4-6,8H2,1-3H3. The number of aromatic nitrogens is 1. The first-order valence-electron chi connectivity index (χ1n) is 6.03. The number of anilines is 1. The number of thioether (sulfide) groups is 1. The van der Waals surface area contributed by atoms with E-state index >= 15 is 0 Å². The molecule has 0 aromatic carbocycles. The summed E-state index contributed by atoms with van der Waals surface area (Å²) in [6.45, 7) is 8.24. The Morgan fingerprint density at radius 3 is 3.11 bits per heavy atom. The lowest BCUT2D eigenvalue weighted by molar-refractivity contribution is 0.0519. The molecule has 2 rings (SSSR count). The van der Waals surface area contributed by atoms with Gasteiger partial charge in [-0.2, -0.15) is 16.7 Å². The Balaban J connectivity index is 2.08. The largest absolute Gasteiger partial charge is 0.461 e. The molecule has 0 unspecified atom stereocenters. The van der Waals surface area contributed by atoms with E-state index in [-0.39, 0.29) is 10.4 Å². The molecule has 100 valence electrons. The summed E-state index contributed by atoms with van der Waals surface area (Å²) in [6, 6.07) is 0.506. The van der Waals surface area contributed by atoms with Crippen molar-refractivity contribution in [2.75, 3.05) is 30.3 Å². The Morgan fingerprint density at radius 1 is 1.67 bits per heavy atom. The summed E-state index contributed by atoms with van der Waals surface area (Å²) in [5.41, 5.74) is 0.239. The SMILES string of the molecule is CCOC(=O)c1coc(N2CCSC(C)(C)C2)n1. The van der Waals surface area contributed by atoms with Gasteiger partial charge in [-0.15, -0.1) is 0 Å². The van der Waals surface area contributed by atoms with Crippen molar-refractivity contribution in [2.45, 2.75) is 25.5 Å². The molecule has 1 aliphatic heterocycles. The zero-order valence-electron chi connectivity index (χ0n) is 10.9. The van der Waals surface area contributed by atoms with Crippen molar-refractivity contribution in [3.05, 3.63) is 12.0 Å². The van der Waals surface area contributed by atoms with Crippen LogP contribution in [0.5, 0.6) is 0 Å². The number of carbonyl (C=O) groups is 1. The Labute approximate surface area is 111 Å². The predicted molar refractivity (Wildman–Crippen MR) is 71.2 cm³/mol. The molecule has 0 saturated carbocycles. The minimum atomic E-state index is -0.432. The molecule has 1 aliphatic rings. The Kier molecular flexibility index (Phi) is 3.85. The molecule has 1 fully saturated rings. The van der Waals surface area contributed by atoms with Gasteiger partial charge in [0.25, 0.3) is 6.01 Å². The van der Waals surface area contributed by atoms with Crippen molar-refractivity contribution in [1.29, 1.82) is 0 Å². The summed E-state index contributed by atoms with van der Waals surface area (Å²) in [5.74, 6) is 0.600. The number of carbonyl (C=O) groups excluding carboxylic acids is 1. The highest BCUT2D eigenvalue weighted by Gasteiger charge is 2.29. The van der Waals surface area contributed by atoms with Crippen molar-refractivity contribution in [1.82, 2.24) is 4.98 Å². The zero-order chi connectivity index (χ0) is 13.2. The maximum atomic E-state index is 11.5. The number of ether oxygens (including phenoxy) is 1. The van der Waals surface area contributed by atoms with Gasteiger partial charge in [0.05, 0.1) is 6.61 Å². The summed E-state index contributed by atoms with van der Waals surface area (Å²) in [5, 5.41) is 0. The van der Waals surface area contributed by atoms with E-state index in [4.69, 9.17) is 9.15 Å². The van der Waals surface area contributed by atoms with Crippen LogP contribution in [0.1, 0.15) is 31.3 Å². The molecule has 18 heavy (non-hydrogen) atoms. The van der Waals surface area contributed by atoms with Crippen LogP contribution in [-0.4, -0.2) is 41.1 Å². The lowest BCUT2D eigenvalue weighted by Gasteiger charge is -2.36. The van der Waals surface area contributed by atoms with Crippen molar-refractivity contribution in [3.63, 3.8) is 0 Å². The van der Waals surface area contributed by atoms with Crippen LogP contribution in [0.25, 0.3) is 0 Å². The highest BCUT2D eigenvalue weighted by molar-refractivity contribution is 8.00. The second-order valence-electron chi connectivity index (χ2n) is 4.77. The second kappa shape index (κ2) is 5.22. The van der Waals surface area contributed by atoms with Crippen LogP contribution in [0.15, 0.2) is 10.7 Å². The maximum absolute atomic E-state index is 11.5. The summed E-state index contributed by atoms with van der Waals surface area (Å²) in [7, 11) is 0. The second-order valence-corrected chi connectivity index (χ2v) is 6.57. The van der Waals surface area contributed by atoms with E-state index in [0.29, 0.717) is 12.6 Å². The number of rotatable bonds is 3. The molecule has 1 saturated heterocycles. The smallest absolute Gasteiger partial charge is 0.360 e. The van der Waals surface area contributed by atoms with Gasteiger partial charge in [-0.3, -0.25) is 0 Å². The minimum absolute atomic E-state index is 0.177. The predicted octanol–water partition coefficient (Wildman–Crippen LogP) is 2.18. The van der Waals surface area contributed by atoms with Gasteiger partial charge in [-0.05, 0) is 20.8 Å². The van der Waals surface area contributed by atoms with E-state index in [1.165, 1.54) is 6.26 Å². The first-order valence-corrected chi connectivity index (χ1v) is 7.02. The van der Waals surface area contributed by atoms with Gasteiger partial charge in [0.2, 0.25) is 0 Å². The molecule has 0 atom stereocenters. The van der Waals surface area contributed by atoms with Crippen LogP contribution in [0.3, 0.4) is 0 Å². The topological polar surface area (TPSA) is 55.6 Å². The molecular formula is C12H18N2O3S.